The van der Waals surface area contributed by atoms with E-state index in [1.165, 1.54) is 47.7 Å². The number of hydrogen-bond donors (Lipinski definition) is 1. The van der Waals surface area contributed by atoms with E-state index >= 15 is 0 Å². The minimum Gasteiger partial charge on any atom is -0.350 e. The summed E-state index contributed by atoms with van der Waals surface area (Å²) in [7, 11) is 2.15. The molecule has 1 aromatic heterocycles. The first-order valence-electron chi connectivity index (χ1n) is 7.46. The zero-order chi connectivity index (χ0) is 13.4. The lowest BCUT2D eigenvalue weighted by molar-refractivity contribution is 0.307. The summed E-state index contributed by atoms with van der Waals surface area (Å²) >= 11 is 0. The van der Waals surface area contributed by atoms with Gasteiger partial charge in [-0.2, -0.15) is 0 Å². The molecule has 0 bridgehead atoms. The highest BCUT2D eigenvalue weighted by molar-refractivity contribution is 5.86. The van der Waals surface area contributed by atoms with Crippen molar-refractivity contribution in [1.29, 1.82) is 0 Å². The fourth-order valence-electron chi connectivity index (χ4n) is 3.69. The molecule has 3 rings (SSSR count). The molecular formula is C17H24N2. The van der Waals surface area contributed by atoms with Crippen LogP contribution in [0.15, 0.2) is 24.4 Å². The van der Waals surface area contributed by atoms with Gasteiger partial charge in [0.2, 0.25) is 0 Å². The van der Waals surface area contributed by atoms with Gasteiger partial charge in [0.05, 0.1) is 5.52 Å². The molecule has 1 aliphatic carbocycles. The third kappa shape index (κ3) is 2.30. The number of nitrogens with zero attached hydrogens (tertiary/aromatic N) is 1. The first-order valence-corrected chi connectivity index (χ1v) is 7.46. The standard InChI is InChI=1S/C17H24N2/c1-12-6-5-8-15-14(11-19(2)17(12)15)10-13-7-3-4-9-16(13)18/h5-6,8,11,13,16H,3-4,7,9-10,18H2,1-2H3. The molecule has 2 aromatic rings. The van der Waals surface area contributed by atoms with Crippen LogP contribution in [0.2, 0.25) is 0 Å². The topological polar surface area (TPSA) is 30.9 Å². The zero-order valence-electron chi connectivity index (χ0n) is 12.0. The summed E-state index contributed by atoms with van der Waals surface area (Å²) in [6.45, 7) is 2.19. The minimum absolute atomic E-state index is 0.397. The van der Waals surface area contributed by atoms with Gasteiger partial charge in [0.15, 0.2) is 0 Å². The van der Waals surface area contributed by atoms with Gasteiger partial charge in [-0.05, 0) is 43.2 Å². The van der Waals surface area contributed by atoms with Crippen LogP contribution in [0.5, 0.6) is 0 Å². The average molecular weight is 256 g/mol. The number of para-hydroxylation sites is 1. The van der Waals surface area contributed by atoms with Crippen LogP contribution < -0.4 is 5.73 Å². The van der Waals surface area contributed by atoms with Gasteiger partial charge in [-0.25, -0.2) is 0 Å². The van der Waals surface area contributed by atoms with Gasteiger partial charge in [0.1, 0.15) is 0 Å². The Balaban J connectivity index is 1.95. The van der Waals surface area contributed by atoms with Gasteiger partial charge < -0.3 is 10.3 Å². The Labute approximate surface area is 115 Å². The van der Waals surface area contributed by atoms with Crippen LogP contribution in [-0.4, -0.2) is 10.6 Å². The van der Waals surface area contributed by atoms with Crippen LogP contribution in [0.4, 0.5) is 0 Å². The molecule has 1 fully saturated rings. The monoisotopic (exact) mass is 256 g/mol. The number of rotatable bonds is 2. The van der Waals surface area contributed by atoms with Crippen LogP contribution >= 0.6 is 0 Å². The molecule has 1 saturated carbocycles. The van der Waals surface area contributed by atoms with Crippen molar-refractivity contribution in [3.63, 3.8) is 0 Å². The minimum atomic E-state index is 0.397. The summed E-state index contributed by atoms with van der Waals surface area (Å²) in [6, 6.07) is 7.01. The molecule has 2 atom stereocenters. The van der Waals surface area contributed by atoms with Crippen LogP contribution in [-0.2, 0) is 13.5 Å². The Kier molecular flexibility index (Phi) is 3.36. The van der Waals surface area contributed by atoms with E-state index in [1.807, 2.05) is 0 Å². The third-order valence-corrected chi connectivity index (χ3v) is 4.74. The predicted molar refractivity (Wildman–Crippen MR) is 81.3 cm³/mol. The molecule has 2 N–H and O–H groups in total. The lowest BCUT2D eigenvalue weighted by Gasteiger charge is -2.28. The predicted octanol–water partition coefficient (Wildman–Crippen LogP) is 3.55. The van der Waals surface area contributed by atoms with Crippen molar-refractivity contribution in [2.75, 3.05) is 0 Å². The van der Waals surface area contributed by atoms with E-state index in [-0.39, 0.29) is 0 Å². The number of fused-ring (bicyclic) bond motifs is 1. The van der Waals surface area contributed by atoms with Crippen LogP contribution in [0.1, 0.15) is 36.8 Å². The quantitative estimate of drug-likeness (QED) is 0.875. The summed E-state index contributed by atoms with van der Waals surface area (Å²) in [4.78, 5) is 0. The first kappa shape index (κ1) is 12.7. The summed E-state index contributed by atoms with van der Waals surface area (Å²) in [5.74, 6) is 0.667. The number of hydrogen-bond acceptors (Lipinski definition) is 1. The molecule has 0 amide bonds. The SMILES string of the molecule is Cc1cccc2c(CC3CCCCC3N)cn(C)c12. The van der Waals surface area contributed by atoms with Gasteiger partial charge in [-0.1, -0.05) is 31.0 Å². The van der Waals surface area contributed by atoms with Crippen molar-refractivity contribution in [2.24, 2.45) is 18.7 Å². The van der Waals surface area contributed by atoms with E-state index in [2.05, 4.69) is 42.9 Å². The maximum atomic E-state index is 6.30. The van der Waals surface area contributed by atoms with E-state index in [1.54, 1.807) is 0 Å². The normalized spacial score (nSPS) is 23.9. The second-order valence-corrected chi connectivity index (χ2v) is 6.15. The fourth-order valence-corrected chi connectivity index (χ4v) is 3.69. The fraction of sp³-hybridized carbons (Fsp3) is 0.529. The molecule has 0 aliphatic heterocycles. The lowest BCUT2D eigenvalue weighted by Crippen LogP contribution is -2.34. The molecule has 0 radical (unpaired) electrons. The number of benzene rings is 1. The summed E-state index contributed by atoms with van der Waals surface area (Å²) < 4.78 is 2.27. The molecule has 0 spiro atoms. The Morgan fingerprint density at radius 1 is 1.26 bits per heavy atom. The Bertz CT molecular complexity index is 582. The zero-order valence-corrected chi connectivity index (χ0v) is 12.0. The smallest absolute Gasteiger partial charge is 0.0510 e. The number of aryl methyl sites for hydroxylation is 2. The molecular weight excluding hydrogens is 232 g/mol. The molecule has 102 valence electrons. The van der Waals surface area contributed by atoms with Gasteiger partial charge in [0, 0.05) is 24.7 Å². The highest BCUT2D eigenvalue weighted by Crippen LogP contribution is 2.30. The average Bonchev–Trinajstić information content (AvgIpc) is 2.71. The second-order valence-electron chi connectivity index (χ2n) is 6.15. The van der Waals surface area contributed by atoms with Gasteiger partial charge >= 0.3 is 0 Å². The Morgan fingerprint density at radius 3 is 2.84 bits per heavy atom. The summed E-state index contributed by atoms with van der Waals surface area (Å²) in [6.07, 6.45) is 8.60. The van der Waals surface area contributed by atoms with Crippen molar-refractivity contribution >= 4 is 10.9 Å². The summed E-state index contributed by atoms with van der Waals surface area (Å²) in [5, 5.41) is 1.42. The van der Waals surface area contributed by atoms with E-state index < -0.39 is 0 Å². The van der Waals surface area contributed by atoms with E-state index in [9.17, 15) is 0 Å². The van der Waals surface area contributed by atoms with E-state index in [0.717, 1.165) is 6.42 Å². The molecule has 2 unspecified atom stereocenters. The maximum Gasteiger partial charge on any atom is 0.0510 e. The Hall–Kier alpha value is -1.28. The van der Waals surface area contributed by atoms with Crippen molar-refractivity contribution < 1.29 is 0 Å². The van der Waals surface area contributed by atoms with Crippen molar-refractivity contribution in [1.82, 2.24) is 4.57 Å². The largest absolute Gasteiger partial charge is 0.350 e. The van der Waals surface area contributed by atoms with Gasteiger partial charge in [0.25, 0.3) is 0 Å². The second kappa shape index (κ2) is 5.01. The number of aromatic nitrogens is 1. The van der Waals surface area contributed by atoms with Crippen LogP contribution in [0, 0.1) is 12.8 Å². The highest BCUT2D eigenvalue weighted by Gasteiger charge is 2.23. The van der Waals surface area contributed by atoms with Crippen molar-refractivity contribution in [3.8, 4) is 0 Å². The number of nitrogens with two attached hydrogens (primary N) is 1. The molecule has 19 heavy (non-hydrogen) atoms. The highest BCUT2D eigenvalue weighted by atomic mass is 14.9. The molecule has 1 aliphatic rings. The van der Waals surface area contributed by atoms with Gasteiger partial charge in [-0.15, -0.1) is 0 Å². The van der Waals surface area contributed by atoms with Crippen LogP contribution in [0.25, 0.3) is 10.9 Å². The van der Waals surface area contributed by atoms with Crippen molar-refractivity contribution in [2.45, 2.75) is 45.1 Å². The van der Waals surface area contributed by atoms with E-state index in [0.29, 0.717) is 12.0 Å². The first-order chi connectivity index (χ1) is 9.16. The van der Waals surface area contributed by atoms with E-state index in [4.69, 9.17) is 5.73 Å². The lowest BCUT2D eigenvalue weighted by atomic mass is 9.81. The van der Waals surface area contributed by atoms with Crippen LogP contribution in [0.3, 0.4) is 0 Å². The molecule has 2 heteroatoms. The third-order valence-electron chi connectivity index (χ3n) is 4.74. The molecule has 1 heterocycles. The maximum absolute atomic E-state index is 6.30. The molecule has 0 saturated heterocycles. The summed E-state index contributed by atoms with van der Waals surface area (Å²) in [5.41, 5.74) is 10.5. The molecule has 1 aromatic carbocycles. The molecule has 2 nitrogen and oxygen atoms in total. The Morgan fingerprint density at radius 2 is 2.05 bits per heavy atom. The van der Waals surface area contributed by atoms with Crippen molar-refractivity contribution in [3.05, 3.63) is 35.5 Å². The van der Waals surface area contributed by atoms with Gasteiger partial charge in [-0.3, -0.25) is 0 Å².